The van der Waals surface area contributed by atoms with Crippen molar-refractivity contribution in [3.05, 3.63) is 112 Å². The molecule has 0 fully saturated rings. The monoisotopic (exact) mass is 1620 g/mol. The van der Waals surface area contributed by atoms with Crippen molar-refractivity contribution in [1.82, 2.24) is 0 Å². The zero-order chi connectivity index (χ0) is 65.4. The fourth-order valence-corrected chi connectivity index (χ4v) is 40.3. The average Bonchev–Trinajstić information content (AvgIpc) is 1.53. The second-order valence-electron chi connectivity index (χ2n) is 23.7. The maximum Gasteiger partial charge on any atom is 0.0706 e. The highest BCUT2D eigenvalue weighted by atomic mass is 32.3. The van der Waals surface area contributed by atoms with Crippen molar-refractivity contribution in [2.24, 2.45) is 0 Å². The Labute approximate surface area is 652 Å². The maximum atomic E-state index is 2.64. The minimum atomic E-state index is 1.21. The van der Waals surface area contributed by atoms with Crippen molar-refractivity contribution in [3.8, 4) is 0 Å². The van der Waals surface area contributed by atoms with Crippen LogP contribution in [-0.4, -0.2) is 46.0 Å². The molecule has 0 unspecified atom stereocenters. The second kappa shape index (κ2) is 43.3. The van der Waals surface area contributed by atoms with Crippen LogP contribution in [0, 0.1) is 0 Å². The smallest absolute Gasteiger partial charge is 0.0706 e. The van der Waals surface area contributed by atoms with E-state index in [0.717, 1.165) is 0 Å². The summed E-state index contributed by atoms with van der Waals surface area (Å²) in [5.41, 5.74) is 0. The molecule has 6 heterocycles. The van der Waals surface area contributed by atoms with E-state index in [9.17, 15) is 0 Å². The summed E-state index contributed by atoms with van der Waals surface area (Å²) in [4.78, 5) is 5.67. The number of benzene rings is 4. The van der Waals surface area contributed by atoms with Gasteiger partial charge in [-0.1, -0.05) is 324 Å². The molecule has 0 saturated heterocycles. The zero-order valence-corrected chi connectivity index (χ0v) is 72.7. The van der Waals surface area contributed by atoms with Crippen molar-refractivity contribution < 1.29 is 0 Å². The lowest BCUT2D eigenvalue weighted by atomic mass is 10.1. The van der Waals surface area contributed by atoms with Crippen LogP contribution in [-0.2, 0) is 0 Å². The summed E-state index contributed by atoms with van der Waals surface area (Å²) in [6.45, 7) is 18.7. The number of thioether (sulfide) groups is 20. The van der Waals surface area contributed by atoms with E-state index in [1.807, 2.05) is 47.0 Å². The Bertz CT molecular complexity index is 3100. The third-order valence-corrected chi connectivity index (χ3v) is 44.5. The van der Waals surface area contributed by atoms with Crippen LogP contribution < -0.4 is 20.9 Å². The maximum absolute atomic E-state index is 2.64. The fraction of sp³-hybridized carbons (Fsp3) is 0.541. The molecule has 4 aromatic carbocycles. The zero-order valence-electron chi connectivity index (χ0n) is 56.4. The first kappa shape index (κ1) is 79.2. The van der Waals surface area contributed by atoms with Gasteiger partial charge in [-0.2, -0.15) is 0 Å². The van der Waals surface area contributed by atoms with Gasteiger partial charge in [0.05, 0.1) is 59.3 Å². The molecule has 512 valence electrons. The molecule has 10 rings (SSSR count). The van der Waals surface area contributed by atoms with Gasteiger partial charge < -0.3 is 0 Å². The molecule has 0 aliphatic carbocycles. The summed E-state index contributed by atoms with van der Waals surface area (Å²) >= 11 is 41.8. The van der Waals surface area contributed by atoms with Crippen molar-refractivity contribution >= 4 is 274 Å². The van der Waals surface area contributed by atoms with Gasteiger partial charge in [-0.15, -0.1) is 94.1 Å². The molecule has 0 radical (unpaired) electrons. The van der Waals surface area contributed by atoms with Gasteiger partial charge in [0, 0.05) is 40.5 Å². The van der Waals surface area contributed by atoms with Gasteiger partial charge in [-0.25, -0.2) is 0 Å². The molecule has 0 bridgehead atoms. The molecule has 6 aliphatic heterocycles. The van der Waals surface area contributed by atoms with E-state index in [4.69, 9.17) is 0 Å². The Kier molecular flexibility index (Phi) is 36.4. The largest absolute Gasteiger partial charge is 0.117 e. The number of fused-ring (bicyclic) bond motifs is 4. The molecule has 0 atom stereocenters. The molecule has 0 spiro atoms. The van der Waals surface area contributed by atoms with E-state index in [1.54, 1.807) is 33.9 Å². The predicted octanol–water partition coefficient (Wildman–Crippen LogP) is 30.3. The number of rotatable bonds is 40. The Morgan fingerprint density at radius 2 is 0.362 bits per heavy atom. The van der Waals surface area contributed by atoms with Crippen LogP contribution in [0.25, 0.3) is 38.5 Å². The summed E-state index contributed by atoms with van der Waals surface area (Å²) in [6, 6.07) is 20.7. The lowest BCUT2D eigenvalue weighted by molar-refractivity contribution is 0.779. The van der Waals surface area contributed by atoms with Gasteiger partial charge in [0.15, 0.2) is 0 Å². The lowest BCUT2D eigenvalue weighted by Crippen LogP contribution is -2.13. The molecule has 20 heteroatoms. The molecule has 0 saturated carbocycles. The van der Waals surface area contributed by atoms with Crippen LogP contribution in [0.5, 0.6) is 0 Å². The van der Waals surface area contributed by atoms with E-state index in [0.29, 0.717) is 0 Å². The van der Waals surface area contributed by atoms with Crippen LogP contribution in [0.4, 0.5) is 0 Å². The van der Waals surface area contributed by atoms with Crippen molar-refractivity contribution in [2.45, 2.75) is 229 Å². The van der Waals surface area contributed by atoms with E-state index in [2.05, 4.69) is 292 Å². The number of unbranched alkanes of at least 4 members (excludes halogenated alkanes) is 16. The SMILES string of the molecule is CCCCCSC1=C(SCCCCC)SC(=c2ccc(=C3SC(SCCCCC)=C(SCCCCC)S3)c3cc4c(cc23)SC(=C2Sc3cc5c(=C6SC(SCCCCC)=C(SCCCCC)S6)ccc(=C6SC(SCCCCC)=C(SCCCCC)S6)c5cc3S2)S4)S1. The van der Waals surface area contributed by atoms with E-state index in [1.165, 1.54) is 288 Å². The van der Waals surface area contributed by atoms with Gasteiger partial charge in [0.2, 0.25) is 0 Å². The average molecular weight is 1630 g/mol. The van der Waals surface area contributed by atoms with Crippen LogP contribution in [0.15, 0.2) is 110 Å². The third-order valence-electron chi connectivity index (χ3n) is 16.0. The highest BCUT2D eigenvalue weighted by molar-refractivity contribution is 8.48. The molecular weight excluding hydrogens is 1530 g/mol. The second-order valence-corrected chi connectivity index (χ2v) is 48.5. The van der Waals surface area contributed by atoms with Crippen LogP contribution in [0.3, 0.4) is 0 Å². The minimum Gasteiger partial charge on any atom is -0.117 e. The standard InChI is InChI=1S/C74H96S20/c1-9-17-25-37-75-65-66(76-38-26-18-10-2)88-61(87-65)49-33-34-50(62-89-67(77-39-27-19-11-3)68(90-62)78-40-28-20-12-4)54-46-58-57(45-53(49)54)83-73(84-58)74-85-59-47-55-51(63-91-69(79-41-29-21-13-5)70(92-63)80-42-30-22-14-6)35-36-52(56(55)48-60(59)86-74)64-93-71(81-43-31-23-15-7)72(94-64)82-44-32-24-16-8/h33-36,45-48H,9-32,37-44H2,1-8H3. The molecule has 0 amide bonds. The van der Waals surface area contributed by atoms with E-state index in [-0.39, 0.29) is 0 Å². The Balaban J connectivity index is 1.05. The Morgan fingerprint density at radius 3 is 0.511 bits per heavy atom. The molecule has 0 N–H and O–H groups in total. The first-order valence-corrected chi connectivity index (χ1v) is 52.6. The summed E-state index contributed by atoms with van der Waals surface area (Å²) in [7, 11) is 0. The molecule has 4 aromatic rings. The van der Waals surface area contributed by atoms with Crippen molar-refractivity contribution in [2.75, 3.05) is 46.0 Å². The van der Waals surface area contributed by atoms with Crippen molar-refractivity contribution in [1.29, 1.82) is 0 Å². The molecule has 0 aromatic heterocycles. The number of hydrogen-bond acceptors (Lipinski definition) is 20. The van der Waals surface area contributed by atoms with Crippen LogP contribution >= 0.6 is 235 Å². The summed E-state index contributed by atoms with van der Waals surface area (Å²) < 4.78 is 21.1. The summed E-state index contributed by atoms with van der Waals surface area (Å²) in [5, 5.41) is 11.4. The normalized spacial score (nSPS) is 16.8. The molecule has 0 nitrogen and oxygen atoms in total. The fourth-order valence-electron chi connectivity index (χ4n) is 10.7. The first-order valence-electron chi connectivity index (χ1n) is 34.9. The van der Waals surface area contributed by atoms with Crippen LogP contribution in [0.1, 0.15) is 209 Å². The van der Waals surface area contributed by atoms with E-state index < -0.39 is 0 Å². The first-order chi connectivity index (χ1) is 46.3. The minimum absolute atomic E-state index is 1.21. The molecule has 94 heavy (non-hydrogen) atoms. The highest BCUT2D eigenvalue weighted by Crippen LogP contribution is 2.65. The van der Waals surface area contributed by atoms with Crippen LogP contribution in [0.2, 0.25) is 0 Å². The summed E-state index contributed by atoms with van der Waals surface area (Å²) in [6.07, 6.45) is 31.0. The van der Waals surface area contributed by atoms with Gasteiger partial charge in [0.1, 0.15) is 0 Å². The quantitative estimate of drug-likeness (QED) is 0.0388. The lowest BCUT2D eigenvalue weighted by Gasteiger charge is -2.08. The third kappa shape index (κ3) is 22.3. The topological polar surface area (TPSA) is 0 Å². The van der Waals surface area contributed by atoms with Gasteiger partial charge >= 0.3 is 0 Å². The van der Waals surface area contributed by atoms with Gasteiger partial charge in [-0.05, 0) is 143 Å². The van der Waals surface area contributed by atoms with Gasteiger partial charge in [-0.3, -0.25) is 0 Å². The van der Waals surface area contributed by atoms with Crippen molar-refractivity contribution in [3.63, 3.8) is 0 Å². The Hall–Kier alpha value is 2.58. The number of hydrogen-bond donors (Lipinski definition) is 0. The van der Waals surface area contributed by atoms with E-state index >= 15 is 0 Å². The molecule has 6 aliphatic rings. The van der Waals surface area contributed by atoms with Gasteiger partial charge in [0.25, 0.3) is 0 Å². The Morgan fingerprint density at radius 1 is 0.202 bits per heavy atom. The molecular formula is C74H96S20. The highest BCUT2D eigenvalue weighted by Gasteiger charge is 2.32. The summed E-state index contributed by atoms with van der Waals surface area (Å²) in [5.74, 6) is 9.66. The predicted molar refractivity (Wildman–Crippen MR) is 475 cm³/mol.